The molecule has 0 spiro atoms. The van der Waals surface area contributed by atoms with Crippen LogP contribution in [0.25, 0.3) is 0 Å². The Balaban J connectivity index is 3.05. The largest absolute Gasteiger partial charge is 0.467 e. The second-order valence-corrected chi connectivity index (χ2v) is 5.38. The zero-order chi connectivity index (χ0) is 15.3. The lowest BCUT2D eigenvalue weighted by molar-refractivity contribution is -0.146. The predicted octanol–water partition coefficient (Wildman–Crippen LogP) is 2.81. The van der Waals surface area contributed by atoms with Crippen molar-refractivity contribution in [2.24, 2.45) is 15.9 Å². The molecule has 0 N–H and O–H groups in total. The quantitative estimate of drug-likeness (QED) is 0.339. The van der Waals surface area contributed by atoms with Gasteiger partial charge in [0.05, 0.1) is 7.11 Å². The first-order chi connectivity index (χ1) is 9.42. The number of aliphatic imine (C=N–C) groups is 2. The van der Waals surface area contributed by atoms with Crippen molar-refractivity contribution in [1.82, 2.24) is 4.90 Å². The number of halogens is 1. The Kier molecular flexibility index (Phi) is 6.20. The number of carbonyl (C=O) groups is 1. The highest BCUT2D eigenvalue weighted by atomic mass is 35.5. The van der Waals surface area contributed by atoms with Crippen LogP contribution in [0.2, 0.25) is 0 Å². The van der Waals surface area contributed by atoms with Crippen LogP contribution >= 0.6 is 11.6 Å². The van der Waals surface area contributed by atoms with Crippen LogP contribution in [0.3, 0.4) is 0 Å². The second kappa shape index (κ2) is 7.43. The van der Waals surface area contributed by atoms with E-state index in [1.165, 1.54) is 13.3 Å². The van der Waals surface area contributed by atoms with Gasteiger partial charge < -0.3 is 9.64 Å². The van der Waals surface area contributed by atoms with E-state index in [1.807, 2.05) is 25.7 Å². The normalized spacial score (nSPS) is 17.9. The van der Waals surface area contributed by atoms with E-state index in [-0.39, 0.29) is 23.3 Å². The van der Waals surface area contributed by atoms with Gasteiger partial charge in [0.1, 0.15) is 11.9 Å². The van der Waals surface area contributed by atoms with Crippen molar-refractivity contribution < 1.29 is 9.53 Å². The smallest absolute Gasteiger partial charge is 0.328 e. The molecule has 0 aromatic carbocycles. The fraction of sp³-hybridized carbons (Fsp3) is 0.643. The molecule has 20 heavy (non-hydrogen) atoms. The molecule has 1 saturated carbocycles. The van der Waals surface area contributed by atoms with Crippen molar-refractivity contribution in [3.8, 4) is 0 Å². The number of rotatable bonds is 5. The molecule has 1 aliphatic rings. The summed E-state index contributed by atoms with van der Waals surface area (Å²) >= 11 is 5.89. The Bertz CT molecular complexity index is 428. The van der Waals surface area contributed by atoms with Crippen molar-refractivity contribution in [3.05, 3.63) is 12.8 Å². The molecule has 0 unspecified atom stereocenters. The van der Waals surface area contributed by atoms with E-state index >= 15 is 0 Å². The maximum Gasteiger partial charge on any atom is 0.328 e. The minimum absolute atomic E-state index is 0.0996. The van der Waals surface area contributed by atoms with Gasteiger partial charge in [0, 0.05) is 12.2 Å². The summed E-state index contributed by atoms with van der Waals surface area (Å²) in [6.07, 6.45) is 3.40. The molecule has 0 aromatic heterocycles. The first-order valence-electron chi connectivity index (χ1n) is 6.68. The SMILES string of the molecule is C=CN=C(Cl)N=C(C)N(C(C)C)[C@@H](C(=O)OC)C1CC1. The molecule has 0 saturated heterocycles. The van der Waals surface area contributed by atoms with Gasteiger partial charge in [-0.2, -0.15) is 0 Å². The van der Waals surface area contributed by atoms with Crippen molar-refractivity contribution in [1.29, 1.82) is 0 Å². The minimum Gasteiger partial charge on any atom is -0.467 e. The minimum atomic E-state index is -0.308. The van der Waals surface area contributed by atoms with Gasteiger partial charge in [-0.25, -0.2) is 14.8 Å². The number of methoxy groups -OCH3 is 1. The summed E-state index contributed by atoms with van der Waals surface area (Å²) in [6.45, 7) is 9.31. The number of ether oxygens (including phenoxy) is 1. The fourth-order valence-electron chi connectivity index (χ4n) is 2.26. The van der Waals surface area contributed by atoms with E-state index in [9.17, 15) is 4.79 Å². The Hall–Kier alpha value is -1.36. The molecule has 6 heteroatoms. The summed E-state index contributed by atoms with van der Waals surface area (Å²) in [5.74, 6) is 0.746. The molecule has 0 heterocycles. The maximum atomic E-state index is 12.1. The summed E-state index contributed by atoms with van der Waals surface area (Å²) in [5, 5.41) is 0.0996. The van der Waals surface area contributed by atoms with Crippen LogP contribution in [0.15, 0.2) is 22.8 Å². The molecule has 0 radical (unpaired) electrons. The van der Waals surface area contributed by atoms with E-state index in [0.717, 1.165) is 12.8 Å². The van der Waals surface area contributed by atoms with Crippen LogP contribution in [-0.4, -0.2) is 41.2 Å². The third-order valence-electron chi connectivity index (χ3n) is 3.19. The summed E-state index contributed by atoms with van der Waals surface area (Å²) in [4.78, 5) is 22.0. The van der Waals surface area contributed by atoms with Crippen molar-refractivity contribution in [3.63, 3.8) is 0 Å². The zero-order valence-corrected chi connectivity index (χ0v) is 13.2. The summed E-state index contributed by atoms with van der Waals surface area (Å²) < 4.78 is 4.93. The van der Waals surface area contributed by atoms with Crippen LogP contribution < -0.4 is 0 Å². The highest BCUT2D eigenvalue weighted by Gasteiger charge is 2.42. The lowest BCUT2D eigenvalue weighted by Crippen LogP contribution is -2.49. The summed E-state index contributed by atoms with van der Waals surface area (Å²) in [6, 6.07) is -0.200. The number of esters is 1. The monoisotopic (exact) mass is 299 g/mol. The van der Waals surface area contributed by atoms with Crippen LogP contribution in [0.1, 0.15) is 33.6 Å². The number of hydrogen-bond donors (Lipinski definition) is 0. The molecule has 1 fully saturated rings. The maximum absolute atomic E-state index is 12.1. The average molecular weight is 300 g/mol. The molecule has 0 amide bonds. The van der Waals surface area contributed by atoms with Crippen LogP contribution in [0, 0.1) is 5.92 Å². The molecular formula is C14H22ClN3O2. The van der Waals surface area contributed by atoms with Gasteiger partial charge in [-0.05, 0) is 51.1 Å². The van der Waals surface area contributed by atoms with Gasteiger partial charge in [-0.15, -0.1) is 0 Å². The standard InChI is InChI=1S/C14H22ClN3O2/c1-6-16-14(15)17-10(4)18(9(2)3)12(11-7-8-11)13(19)20-5/h6,9,11-12H,1,7-8H2,2-5H3/t12-/m1/s1. The van der Waals surface area contributed by atoms with Gasteiger partial charge in [-0.3, -0.25) is 0 Å². The van der Waals surface area contributed by atoms with E-state index < -0.39 is 0 Å². The van der Waals surface area contributed by atoms with Crippen molar-refractivity contribution >= 4 is 28.7 Å². The molecule has 0 bridgehead atoms. The number of carbonyl (C=O) groups excluding carboxylic acids is 1. The van der Waals surface area contributed by atoms with E-state index in [0.29, 0.717) is 11.8 Å². The molecule has 0 aliphatic heterocycles. The fourth-order valence-corrected chi connectivity index (χ4v) is 2.45. The number of hydrogen-bond acceptors (Lipinski definition) is 3. The third-order valence-corrected chi connectivity index (χ3v) is 3.37. The van der Waals surface area contributed by atoms with Crippen LogP contribution in [0.5, 0.6) is 0 Å². The van der Waals surface area contributed by atoms with Crippen molar-refractivity contribution in [2.45, 2.75) is 45.7 Å². The average Bonchev–Trinajstić information content (AvgIpc) is 3.18. The van der Waals surface area contributed by atoms with Gasteiger partial charge in [0.25, 0.3) is 0 Å². The second-order valence-electron chi connectivity index (χ2n) is 5.05. The molecular weight excluding hydrogens is 278 g/mol. The van der Waals surface area contributed by atoms with Gasteiger partial charge in [0.15, 0.2) is 0 Å². The van der Waals surface area contributed by atoms with E-state index in [1.54, 1.807) is 0 Å². The highest BCUT2D eigenvalue weighted by molar-refractivity contribution is 6.65. The van der Waals surface area contributed by atoms with E-state index in [4.69, 9.17) is 16.3 Å². The van der Waals surface area contributed by atoms with Gasteiger partial charge >= 0.3 is 5.97 Å². The lowest BCUT2D eigenvalue weighted by Gasteiger charge is -2.34. The third kappa shape index (κ3) is 4.34. The zero-order valence-electron chi connectivity index (χ0n) is 12.5. The summed E-state index contributed by atoms with van der Waals surface area (Å²) in [7, 11) is 1.41. The van der Waals surface area contributed by atoms with Crippen molar-refractivity contribution in [2.75, 3.05) is 7.11 Å². The molecule has 1 atom stereocenters. The Morgan fingerprint density at radius 2 is 2.10 bits per heavy atom. The number of amidine groups is 2. The lowest BCUT2D eigenvalue weighted by atomic mass is 10.1. The highest BCUT2D eigenvalue weighted by Crippen LogP contribution is 2.37. The molecule has 1 aliphatic carbocycles. The molecule has 112 valence electrons. The predicted molar refractivity (Wildman–Crippen MR) is 82.1 cm³/mol. The Labute approximate surface area is 125 Å². The summed E-state index contributed by atoms with van der Waals surface area (Å²) in [5.41, 5.74) is 0. The van der Waals surface area contributed by atoms with Crippen LogP contribution in [0.4, 0.5) is 0 Å². The van der Waals surface area contributed by atoms with Crippen LogP contribution in [-0.2, 0) is 9.53 Å². The Morgan fingerprint density at radius 1 is 1.50 bits per heavy atom. The molecule has 0 aromatic rings. The first-order valence-corrected chi connectivity index (χ1v) is 7.05. The Morgan fingerprint density at radius 3 is 2.50 bits per heavy atom. The van der Waals surface area contributed by atoms with E-state index in [2.05, 4.69) is 16.6 Å². The van der Waals surface area contributed by atoms with Gasteiger partial charge in [0.2, 0.25) is 5.29 Å². The van der Waals surface area contributed by atoms with Gasteiger partial charge in [-0.1, -0.05) is 6.58 Å². The molecule has 1 rings (SSSR count). The topological polar surface area (TPSA) is 54.3 Å². The molecule has 5 nitrogen and oxygen atoms in total. The number of nitrogens with zero attached hydrogens (tertiary/aromatic N) is 3. The first kappa shape index (κ1) is 16.7.